The normalized spacial score (nSPS) is 15.2. The van der Waals surface area contributed by atoms with Crippen LogP contribution in [0.2, 0.25) is 0 Å². The number of piperazine rings is 1. The Labute approximate surface area is 147 Å². The Hall–Kier alpha value is -2.60. The van der Waals surface area contributed by atoms with Gasteiger partial charge in [0.15, 0.2) is 5.76 Å². The third kappa shape index (κ3) is 4.28. The number of anilines is 1. The van der Waals surface area contributed by atoms with Gasteiger partial charge in [-0.3, -0.25) is 14.5 Å². The fourth-order valence-electron chi connectivity index (χ4n) is 3.01. The van der Waals surface area contributed by atoms with Crippen LogP contribution in [0.4, 0.5) is 5.69 Å². The van der Waals surface area contributed by atoms with Gasteiger partial charge >= 0.3 is 0 Å². The summed E-state index contributed by atoms with van der Waals surface area (Å²) in [6, 6.07) is 9.35. The highest BCUT2D eigenvalue weighted by Crippen LogP contribution is 2.16. The highest BCUT2D eigenvalue weighted by atomic mass is 16.3. The van der Waals surface area contributed by atoms with E-state index >= 15 is 0 Å². The Kier molecular flexibility index (Phi) is 5.19. The first kappa shape index (κ1) is 17.2. The molecule has 0 saturated carbocycles. The van der Waals surface area contributed by atoms with E-state index in [1.54, 1.807) is 17.0 Å². The Morgan fingerprint density at radius 3 is 2.52 bits per heavy atom. The Bertz CT molecular complexity index is 747. The summed E-state index contributed by atoms with van der Waals surface area (Å²) in [7, 11) is 0. The van der Waals surface area contributed by atoms with E-state index in [1.165, 1.54) is 11.8 Å². The monoisotopic (exact) mass is 341 g/mol. The average Bonchev–Trinajstić information content (AvgIpc) is 3.12. The number of hydrogen-bond donors (Lipinski definition) is 1. The number of nitrogens with zero attached hydrogens (tertiary/aromatic N) is 2. The van der Waals surface area contributed by atoms with E-state index in [2.05, 4.69) is 16.3 Å². The molecule has 1 aromatic heterocycles. The third-order valence-corrected chi connectivity index (χ3v) is 4.41. The molecule has 2 heterocycles. The van der Waals surface area contributed by atoms with E-state index < -0.39 is 0 Å². The molecule has 2 amide bonds. The van der Waals surface area contributed by atoms with Gasteiger partial charge in [-0.15, -0.1) is 0 Å². The summed E-state index contributed by atoms with van der Waals surface area (Å²) in [6.07, 6.45) is 1.50. The molecule has 132 valence electrons. The number of amides is 2. The second kappa shape index (κ2) is 7.53. The Morgan fingerprint density at radius 2 is 1.88 bits per heavy atom. The second-order valence-corrected chi connectivity index (χ2v) is 6.41. The summed E-state index contributed by atoms with van der Waals surface area (Å²) in [4.78, 5) is 28.3. The van der Waals surface area contributed by atoms with Gasteiger partial charge in [-0.1, -0.05) is 17.7 Å². The first-order valence-corrected chi connectivity index (χ1v) is 8.45. The second-order valence-electron chi connectivity index (χ2n) is 6.41. The van der Waals surface area contributed by atoms with Crippen LogP contribution >= 0.6 is 0 Å². The lowest BCUT2D eigenvalue weighted by atomic mass is 10.1. The lowest BCUT2D eigenvalue weighted by Gasteiger charge is -2.33. The van der Waals surface area contributed by atoms with E-state index in [4.69, 9.17) is 4.42 Å². The summed E-state index contributed by atoms with van der Waals surface area (Å²) < 4.78 is 5.16. The largest absolute Gasteiger partial charge is 0.459 e. The van der Waals surface area contributed by atoms with Crippen LogP contribution in [-0.4, -0.2) is 54.3 Å². The number of carbonyl (C=O) groups is 2. The molecule has 6 nitrogen and oxygen atoms in total. The molecule has 1 aromatic carbocycles. The van der Waals surface area contributed by atoms with Gasteiger partial charge in [-0.25, -0.2) is 0 Å². The highest BCUT2D eigenvalue weighted by molar-refractivity contribution is 5.93. The standard InChI is InChI=1S/C19H23N3O3/c1-14-5-6-16(15(2)12-14)20-18(23)13-21-7-9-22(10-8-21)19(24)17-4-3-11-25-17/h3-6,11-12H,7-10,13H2,1-2H3,(H,20,23). The van der Waals surface area contributed by atoms with Crippen LogP contribution in [0.25, 0.3) is 0 Å². The van der Waals surface area contributed by atoms with Crippen LogP contribution in [-0.2, 0) is 4.79 Å². The average molecular weight is 341 g/mol. The molecule has 0 aliphatic carbocycles. The molecule has 1 aliphatic rings. The molecule has 1 N–H and O–H groups in total. The molecule has 0 unspecified atom stereocenters. The van der Waals surface area contributed by atoms with E-state index in [9.17, 15) is 9.59 Å². The zero-order valence-corrected chi connectivity index (χ0v) is 14.6. The fourth-order valence-corrected chi connectivity index (χ4v) is 3.01. The number of nitrogens with one attached hydrogen (secondary N) is 1. The SMILES string of the molecule is Cc1ccc(NC(=O)CN2CCN(C(=O)c3ccco3)CC2)c(C)c1. The zero-order valence-electron chi connectivity index (χ0n) is 14.6. The predicted octanol–water partition coefficient (Wildman–Crippen LogP) is 2.29. The van der Waals surface area contributed by atoms with Gasteiger partial charge < -0.3 is 14.6 Å². The minimum absolute atomic E-state index is 0.0298. The van der Waals surface area contributed by atoms with Crippen molar-refractivity contribution in [1.82, 2.24) is 9.80 Å². The molecule has 2 aromatic rings. The molecule has 6 heteroatoms. The van der Waals surface area contributed by atoms with Gasteiger partial charge in [-0.2, -0.15) is 0 Å². The van der Waals surface area contributed by atoms with Crippen molar-refractivity contribution in [3.63, 3.8) is 0 Å². The van der Waals surface area contributed by atoms with Gasteiger partial charge in [0.25, 0.3) is 5.91 Å². The minimum atomic E-state index is -0.0932. The maximum absolute atomic E-state index is 12.3. The molecule has 25 heavy (non-hydrogen) atoms. The first-order chi connectivity index (χ1) is 12.0. The summed E-state index contributed by atoms with van der Waals surface area (Å²) in [5.41, 5.74) is 3.08. The van der Waals surface area contributed by atoms with Crippen molar-refractivity contribution in [2.24, 2.45) is 0 Å². The molecule has 0 spiro atoms. The van der Waals surface area contributed by atoms with Crippen LogP contribution in [0.3, 0.4) is 0 Å². The summed E-state index contributed by atoms with van der Waals surface area (Å²) in [5, 5.41) is 2.96. The molecule has 0 atom stereocenters. The molecule has 1 saturated heterocycles. The maximum Gasteiger partial charge on any atom is 0.289 e. The predicted molar refractivity (Wildman–Crippen MR) is 95.6 cm³/mol. The van der Waals surface area contributed by atoms with Crippen molar-refractivity contribution >= 4 is 17.5 Å². The zero-order chi connectivity index (χ0) is 17.8. The van der Waals surface area contributed by atoms with Crippen LogP contribution in [0.5, 0.6) is 0 Å². The van der Waals surface area contributed by atoms with Crippen molar-refractivity contribution in [1.29, 1.82) is 0 Å². The van der Waals surface area contributed by atoms with Crippen molar-refractivity contribution in [3.8, 4) is 0 Å². The molecule has 0 bridgehead atoms. The highest BCUT2D eigenvalue weighted by Gasteiger charge is 2.24. The quantitative estimate of drug-likeness (QED) is 0.927. The van der Waals surface area contributed by atoms with Crippen molar-refractivity contribution < 1.29 is 14.0 Å². The van der Waals surface area contributed by atoms with Crippen molar-refractivity contribution in [3.05, 3.63) is 53.5 Å². The first-order valence-electron chi connectivity index (χ1n) is 8.45. The Morgan fingerprint density at radius 1 is 1.12 bits per heavy atom. The third-order valence-electron chi connectivity index (χ3n) is 4.41. The Balaban J connectivity index is 1.48. The van der Waals surface area contributed by atoms with Crippen molar-refractivity contribution in [2.45, 2.75) is 13.8 Å². The van der Waals surface area contributed by atoms with Gasteiger partial charge in [-0.05, 0) is 37.6 Å². The topological polar surface area (TPSA) is 65.8 Å². The van der Waals surface area contributed by atoms with Crippen LogP contribution in [0.1, 0.15) is 21.7 Å². The van der Waals surface area contributed by atoms with Crippen LogP contribution in [0.15, 0.2) is 41.0 Å². The lowest BCUT2D eigenvalue weighted by molar-refractivity contribution is -0.117. The van der Waals surface area contributed by atoms with Crippen LogP contribution < -0.4 is 5.32 Å². The summed E-state index contributed by atoms with van der Waals surface area (Å²) >= 11 is 0. The van der Waals surface area contributed by atoms with E-state index in [1.807, 2.05) is 26.0 Å². The number of rotatable bonds is 4. The number of furan rings is 1. The fraction of sp³-hybridized carbons (Fsp3) is 0.368. The number of benzene rings is 1. The summed E-state index contributed by atoms with van der Waals surface area (Å²) in [5.74, 6) is 0.239. The van der Waals surface area contributed by atoms with Crippen LogP contribution in [0, 0.1) is 13.8 Å². The number of carbonyl (C=O) groups excluding carboxylic acids is 2. The molecule has 3 rings (SSSR count). The molecular weight excluding hydrogens is 318 g/mol. The van der Waals surface area contributed by atoms with E-state index in [0.717, 1.165) is 11.3 Å². The summed E-state index contributed by atoms with van der Waals surface area (Å²) in [6.45, 7) is 6.88. The molecule has 1 fully saturated rings. The maximum atomic E-state index is 12.3. The molecule has 1 aliphatic heterocycles. The van der Waals surface area contributed by atoms with Gasteiger partial charge in [0.05, 0.1) is 12.8 Å². The van der Waals surface area contributed by atoms with Gasteiger partial charge in [0.2, 0.25) is 5.91 Å². The number of aryl methyl sites for hydroxylation is 2. The lowest BCUT2D eigenvalue weighted by Crippen LogP contribution is -2.50. The van der Waals surface area contributed by atoms with E-state index in [0.29, 0.717) is 38.5 Å². The molecule has 0 radical (unpaired) electrons. The van der Waals surface area contributed by atoms with Gasteiger partial charge in [0.1, 0.15) is 0 Å². The van der Waals surface area contributed by atoms with E-state index in [-0.39, 0.29) is 11.8 Å². The smallest absolute Gasteiger partial charge is 0.289 e. The van der Waals surface area contributed by atoms with Crippen molar-refractivity contribution in [2.75, 3.05) is 38.0 Å². The molecular formula is C19H23N3O3. The number of hydrogen-bond acceptors (Lipinski definition) is 4. The van der Waals surface area contributed by atoms with Gasteiger partial charge in [0, 0.05) is 31.9 Å². The minimum Gasteiger partial charge on any atom is -0.459 e.